The van der Waals surface area contributed by atoms with Gasteiger partial charge in [0, 0.05) is 5.56 Å². The highest BCUT2D eigenvalue weighted by atomic mass is 32.2. The van der Waals surface area contributed by atoms with Crippen molar-refractivity contribution in [3.8, 4) is 5.75 Å². The van der Waals surface area contributed by atoms with Crippen LogP contribution in [0, 0.1) is 0 Å². The normalized spacial score (nSPS) is 10.8. The van der Waals surface area contributed by atoms with Crippen LogP contribution >= 0.6 is 11.8 Å². The van der Waals surface area contributed by atoms with Crippen LogP contribution in [-0.2, 0) is 11.4 Å². The van der Waals surface area contributed by atoms with Crippen LogP contribution in [0.1, 0.15) is 11.1 Å². The summed E-state index contributed by atoms with van der Waals surface area (Å²) in [6.07, 6.45) is 1.48. The topological polar surface area (TPSA) is 129 Å². The van der Waals surface area contributed by atoms with Gasteiger partial charge in [0.1, 0.15) is 12.4 Å². The number of benzene rings is 2. The summed E-state index contributed by atoms with van der Waals surface area (Å²) in [5, 5.41) is 9.60. The zero-order valence-corrected chi connectivity index (χ0v) is 15.9. The summed E-state index contributed by atoms with van der Waals surface area (Å²) in [6.45, 7) is 0.412. The Balaban J connectivity index is 1.53. The smallest absolute Gasteiger partial charge is 0.342 e. The largest absolute Gasteiger partial charge is 0.488 e. The fourth-order valence-corrected chi connectivity index (χ4v) is 2.85. The van der Waals surface area contributed by atoms with Crippen LogP contribution < -0.4 is 21.4 Å². The van der Waals surface area contributed by atoms with Gasteiger partial charge in [0.25, 0.3) is 5.56 Å². The van der Waals surface area contributed by atoms with Crippen LogP contribution in [0.3, 0.4) is 0 Å². The van der Waals surface area contributed by atoms with E-state index in [4.69, 9.17) is 4.74 Å². The summed E-state index contributed by atoms with van der Waals surface area (Å²) < 4.78 is 5.83. The summed E-state index contributed by atoms with van der Waals surface area (Å²) in [6, 6.07) is 17.1. The molecule has 29 heavy (non-hydrogen) atoms. The predicted octanol–water partition coefficient (Wildman–Crippen LogP) is 1.28. The molecule has 0 atom stereocenters. The Hall–Kier alpha value is -3.66. The molecular formula is C19H17N5O4S. The van der Waals surface area contributed by atoms with Gasteiger partial charge in [-0.1, -0.05) is 54.2 Å². The number of hydrazone groups is 1. The van der Waals surface area contributed by atoms with Crippen LogP contribution in [0.15, 0.2) is 74.3 Å². The molecule has 0 unspecified atom stereocenters. The maximum Gasteiger partial charge on any atom is 0.342 e. The Morgan fingerprint density at radius 3 is 2.69 bits per heavy atom. The highest BCUT2D eigenvalue weighted by molar-refractivity contribution is 7.99. The molecule has 1 aromatic heterocycles. The average Bonchev–Trinajstić information content (AvgIpc) is 2.73. The molecule has 9 nitrogen and oxygen atoms in total. The third kappa shape index (κ3) is 6.18. The summed E-state index contributed by atoms with van der Waals surface area (Å²) in [7, 11) is 0. The number of amides is 1. The lowest BCUT2D eigenvalue weighted by Gasteiger charge is -2.08. The van der Waals surface area contributed by atoms with Crippen molar-refractivity contribution in [1.82, 2.24) is 20.6 Å². The Kier molecular flexibility index (Phi) is 6.95. The first-order chi connectivity index (χ1) is 14.1. The Bertz CT molecular complexity index is 1110. The fourth-order valence-electron chi connectivity index (χ4n) is 2.23. The van der Waals surface area contributed by atoms with Crippen molar-refractivity contribution >= 4 is 23.9 Å². The van der Waals surface area contributed by atoms with Crippen molar-refractivity contribution in [2.75, 3.05) is 5.75 Å². The number of hydrogen-bond donors (Lipinski definition) is 3. The SMILES string of the molecule is O=C(CSc1n[nH]c(=O)[nH]c1=O)N/N=C\c1ccccc1OCc1ccccc1. The van der Waals surface area contributed by atoms with Crippen molar-refractivity contribution in [3.05, 3.63) is 86.6 Å². The van der Waals surface area contributed by atoms with E-state index < -0.39 is 17.2 Å². The number of hydrogen-bond acceptors (Lipinski definition) is 7. The number of nitrogens with one attached hydrogen (secondary N) is 3. The van der Waals surface area contributed by atoms with E-state index in [-0.39, 0.29) is 10.8 Å². The number of nitrogens with zero attached hydrogens (tertiary/aromatic N) is 2. The van der Waals surface area contributed by atoms with Gasteiger partial charge in [-0.15, -0.1) is 0 Å². The molecule has 0 aliphatic rings. The number of ether oxygens (including phenoxy) is 1. The minimum absolute atomic E-state index is 0.0108. The summed E-state index contributed by atoms with van der Waals surface area (Å²) in [5.74, 6) is 0.111. The second kappa shape index (κ2) is 10.0. The van der Waals surface area contributed by atoms with E-state index in [0.717, 1.165) is 17.3 Å². The third-order valence-electron chi connectivity index (χ3n) is 3.57. The summed E-state index contributed by atoms with van der Waals surface area (Å²) >= 11 is 0.883. The van der Waals surface area contributed by atoms with Crippen LogP contribution in [0.5, 0.6) is 5.75 Å². The maximum absolute atomic E-state index is 11.9. The summed E-state index contributed by atoms with van der Waals surface area (Å²) in [5.41, 5.74) is 2.76. The second-order valence-electron chi connectivity index (χ2n) is 5.71. The minimum atomic E-state index is -0.707. The van der Waals surface area contributed by atoms with Gasteiger partial charge < -0.3 is 4.74 Å². The monoisotopic (exact) mass is 411 g/mol. The molecule has 0 fully saturated rings. The molecule has 0 saturated heterocycles. The number of aromatic amines is 2. The lowest BCUT2D eigenvalue weighted by atomic mass is 10.2. The second-order valence-corrected chi connectivity index (χ2v) is 6.67. The molecule has 2 aromatic carbocycles. The average molecular weight is 411 g/mol. The van der Waals surface area contributed by atoms with Crippen LogP contribution in [0.25, 0.3) is 0 Å². The molecule has 1 heterocycles. The molecule has 3 rings (SSSR count). The quantitative estimate of drug-likeness (QED) is 0.291. The van der Waals surface area contributed by atoms with E-state index in [2.05, 4.69) is 20.7 Å². The van der Waals surface area contributed by atoms with E-state index in [1.54, 1.807) is 0 Å². The number of para-hydroxylation sites is 1. The zero-order chi connectivity index (χ0) is 20.5. The first-order valence-corrected chi connectivity index (χ1v) is 9.50. The van der Waals surface area contributed by atoms with Crippen LogP contribution in [-0.4, -0.2) is 33.1 Å². The molecule has 0 radical (unpaired) electrons. The molecular weight excluding hydrogens is 394 g/mol. The van der Waals surface area contributed by atoms with Crippen LogP contribution in [0.4, 0.5) is 0 Å². The van der Waals surface area contributed by atoms with Crippen molar-refractivity contribution in [2.24, 2.45) is 5.10 Å². The van der Waals surface area contributed by atoms with Gasteiger partial charge in [-0.25, -0.2) is 15.3 Å². The van der Waals surface area contributed by atoms with E-state index in [0.29, 0.717) is 17.9 Å². The molecule has 148 valence electrons. The van der Waals surface area contributed by atoms with Crippen molar-refractivity contribution in [2.45, 2.75) is 11.6 Å². The molecule has 1 amide bonds. The molecule has 0 spiro atoms. The van der Waals surface area contributed by atoms with E-state index >= 15 is 0 Å². The van der Waals surface area contributed by atoms with Gasteiger partial charge in [0.05, 0.1) is 12.0 Å². The number of thioether (sulfide) groups is 1. The summed E-state index contributed by atoms with van der Waals surface area (Å²) in [4.78, 5) is 36.4. The Labute approximate surface area is 169 Å². The molecule has 10 heteroatoms. The van der Waals surface area contributed by atoms with Crippen LogP contribution in [0.2, 0.25) is 0 Å². The van der Waals surface area contributed by atoms with Crippen molar-refractivity contribution in [1.29, 1.82) is 0 Å². The highest BCUT2D eigenvalue weighted by Crippen LogP contribution is 2.17. The van der Waals surface area contributed by atoms with Crippen molar-refractivity contribution in [3.63, 3.8) is 0 Å². The molecule has 3 N–H and O–H groups in total. The maximum atomic E-state index is 11.9. The lowest BCUT2D eigenvalue weighted by Crippen LogP contribution is -2.26. The standard InChI is InChI=1S/C19H17N5O4S/c25-16(12-29-18-17(26)21-19(27)24-23-18)22-20-10-14-8-4-5-9-15(14)28-11-13-6-2-1-3-7-13/h1-10H,11-12H2,(H,22,25)(H2,21,24,26,27)/b20-10-. The molecule has 0 saturated carbocycles. The molecule has 0 aliphatic heterocycles. The van der Waals surface area contributed by atoms with Gasteiger partial charge in [-0.3, -0.25) is 14.6 Å². The number of rotatable bonds is 8. The van der Waals surface area contributed by atoms with E-state index in [1.807, 2.05) is 59.6 Å². The Morgan fingerprint density at radius 1 is 1.14 bits per heavy atom. The molecule has 3 aromatic rings. The lowest BCUT2D eigenvalue weighted by molar-refractivity contribution is -0.118. The van der Waals surface area contributed by atoms with Gasteiger partial charge in [0.15, 0.2) is 5.03 Å². The highest BCUT2D eigenvalue weighted by Gasteiger charge is 2.07. The van der Waals surface area contributed by atoms with Gasteiger partial charge in [-0.05, 0) is 17.7 Å². The number of aromatic nitrogens is 3. The van der Waals surface area contributed by atoms with Crippen molar-refractivity contribution < 1.29 is 9.53 Å². The number of H-pyrrole nitrogens is 2. The molecule has 0 aliphatic carbocycles. The third-order valence-corrected chi connectivity index (χ3v) is 4.53. The first kappa shape index (κ1) is 20.1. The Morgan fingerprint density at radius 2 is 1.90 bits per heavy atom. The van der Waals surface area contributed by atoms with Gasteiger partial charge in [0.2, 0.25) is 5.91 Å². The minimum Gasteiger partial charge on any atom is -0.488 e. The van der Waals surface area contributed by atoms with E-state index in [1.165, 1.54) is 6.21 Å². The zero-order valence-electron chi connectivity index (χ0n) is 15.1. The van der Waals surface area contributed by atoms with Gasteiger partial charge >= 0.3 is 5.69 Å². The predicted molar refractivity (Wildman–Crippen MR) is 109 cm³/mol. The number of carbonyl (C=O) groups excluding carboxylic acids is 1. The molecule has 0 bridgehead atoms. The van der Waals surface area contributed by atoms with Gasteiger partial charge in [-0.2, -0.15) is 10.2 Å². The fraction of sp³-hybridized carbons (Fsp3) is 0.105. The first-order valence-electron chi connectivity index (χ1n) is 8.51. The van der Waals surface area contributed by atoms with E-state index in [9.17, 15) is 14.4 Å². The number of carbonyl (C=O) groups is 1.